The molecule has 0 aromatic heterocycles. The predicted octanol–water partition coefficient (Wildman–Crippen LogP) is 4.69. The Kier molecular flexibility index (Phi) is 6.28. The quantitative estimate of drug-likeness (QED) is 0.659. The maximum absolute atomic E-state index is 12.1. The molecule has 2 aromatic carbocycles. The Morgan fingerprint density at radius 3 is 2.46 bits per heavy atom. The number of rotatable bonds is 6. The lowest BCUT2D eigenvalue weighted by atomic mass is 10.2. The molecule has 0 saturated carbocycles. The van der Waals surface area contributed by atoms with Crippen LogP contribution in [-0.4, -0.2) is 33.7 Å². The highest BCUT2D eigenvalue weighted by Gasteiger charge is 2.36. The van der Waals surface area contributed by atoms with E-state index in [-0.39, 0.29) is 4.91 Å². The summed E-state index contributed by atoms with van der Waals surface area (Å²) in [6.07, 6.45) is 1.54. The number of carbonyl (C=O) groups excluding carboxylic acids is 2. The largest absolute Gasteiger partial charge is 0.489 e. The fourth-order valence-corrected chi connectivity index (χ4v) is 3.54. The molecular formula is C19H13Cl2NO5S. The van der Waals surface area contributed by atoms with Crippen LogP contribution >= 0.6 is 35.0 Å². The number of amides is 2. The number of carboxylic acid groups (broad SMARTS) is 1. The summed E-state index contributed by atoms with van der Waals surface area (Å²) in [5.74, 6) is -1.24. The molecule has 1 saturated heterocycles. The summed E-state index contributed by atoms with van der Waals surface area (Å²) in [6.45, 7) is -0.339. The normalized spacial score (nSPS) is 15.4. The third-order valence-corrected chi connectivity index (χ3v) is 5.38. The fraction of sp³-hybridized carbons (Fsp3) is 0.105. The van der Waals surface area contributed by atoms with Gasteiger partial charge in [-0.2, -0.15) is 0 Å². The van der Waals surface area contributed by atoms with Gasteiger partial charge in [0.15, 0.2) is 0 Å². The Bertz CT molecular complexity index is 975. The van der Waals surface area contributed by atoms with Crippen molar-refractivity contribution in [2.45, 2.75) is 6.61 Å². The van der Waals surface area contributed by atoms with E-state index in [1.807, 2.05) is 6.07 Å². The maximum atomic E-state index is 12.1. The van der Waals surface area contributed by atoms with Gasteiger partial charge < -0.3 is 9.84 Å². The first-order chi connectivity index (χ1) is 13.3. The smallest absolute Gasteiger partial charge is 0.323 e. The fourth-order valence-electron chi connectivity index (χ4n) is 2.38. The second-order valence-electron chi connectivity index (χ2n) is 5.77. The van der Waals surface area contributed by atoms with E-state index >= 15 is 0 Å². The highest BCUT2D eigenvalue weighted by atomic mass is 35.5. The number of halogens is 2. The van der Waals surface area contributed by atoms with Crippen molar-refractivity contribution in [3.05, 3.63) is 68.5 Å². The molecule has 2 aromatic rings. The Morgan fingerprint density at radius 2 is 1.82 bits per heavy atom. The van der Waals surface area contributed by atoms with Crippen molar-refractivity contribution in [3.63, 3.8) is 0 Å². The van der Waals surface area contributed by atoms with Gasteiger partial charge in [-0.15, -0.1) is 0 Å². The highest BCUT2D eigenvalue weighted by molar-refractivity contribution is 8.18. The number of carboxylic acids is 1. The molecule has 1 aliphatic rings. The van der Waals surface area contributed by atoms with Crippen molar-refractivity contribution in [2.24, 2.45) is 0 Å². The summed E-state index contributed by atoms with van der Waals surface area (Å²) in [5.41, 5.74) is 1.55. The van der Waals surface area contributed by atoms with Crippen LogP contribution in [0, 0.1) is 0 Å². The van der Waals surface area contributed by atoms with Crippen LogP contribution in [-0.2, 0) is 16.2 Å². The number of benzene rings is 2. The summed E-state index contributed by atoms with van der Waals surface area (Å²) < 4.78 is 5.69. The van der Waals surface area contributed by atoms with Crippen molar-refractivity contribution in [3.8, 4) is 5.75 Å². The summed E-state index contributed by atoms with van der Waals surface area (Å²) in [6, 6.07) is 12.2. The molecule has 0 radical (unpaired) electrons. The summed E-state index contributed by atoms with van der Waals surface area (Å²) in [7, 11) is 0. The van der Waals surface area contributed by atoms with E-state index in [9.17, 15) is 14.4 Å². The van der Waals surface area contributed by atoms with E-state index in [0.717, 1.165) is 5.56 Å². The Hall–Kier alpha value is -2.48. The van der Waals surface area contributed by atoms with Gasteiger partial charge in [0.2, 0.25) is 0 Å². The molecule has 0 atom stereocenters. The standard InChI is InChI=1S/C19H13Cl2NO5S/c20-14-6-3-12(7-15(14)21)10-27-13-4-1-11(2-5-13)8-16-18(25)22(9-17(23)24)19(26)28-16/h1-8H,9-10H2,(H,23,24)/b16-8+. The monoisotopic (exact) mass is 437 g/mol. The van der Waals surface area contributed by atoms with Crippen LogP contribution in [0.5, 0.6) is 5.75 Å². The van der Waals surface area contributed by atoms with E-state index in [2.05, 4.69) is 0 Å². The third-order valence-electron chi connectivity index (χ3n) is 3.73. The Labute approximate surface area is 174 Å². The van der Waals surface area contributed by atoms with Crippen molar-refractivity contribution in [1.29, 1.82) is 0 Å². The average molecular weight is 438 g/mol. The van der Waals surface area contributed by atoms with E-state index in [0.29, 0.717) is 44.6 Å². The number of hydrogen-bond donors (Lipinski definition) is 1. The molecule has 1 aliphatic heterocycles. The zero-order chi connectivity index (χ0) is 20.3. The van der Waals surface area contributed by atoms with Crippen molar-refractivity contribution in [1.82, 2.24) is 4.90 Å². The molecule has 1 heterocycles. The number of hydrogen-bond acceptors (Lipinski definition) is 5. The van der Waals surface area contributed by atoms with Crippen LogP contribution in [0.15, 0.2) is 47.4 Å². The van der Waals surface area contributed by atoms with Gasteiger partial charge in [0.25, 0.3) is 11.1 Å². The van der Waals surface area contributed by atoms with Crippen LogP contribution in [0.2, 0.25) is 10.0 Å². The van der Waals surface area contributed by atoms with Gasteiger partial charge >= 0.3 is 5.97 Å². The van der Waals surface area contributed by atoms with E-state index in [1.165, 1.54) is 6.08 Å². The van der Waals surface area contributed by atoms with Crippen molar-refractivity contribution in [2.75, 3.05) is 6.54 Å². The van der Waals surface area contributed by atoms with Crippen LogP contribution in [0.1, 0.15) is 11.1 Å². The first-order valence-corrected chi connectivity index (χ1v) is 9.54. The van der Waals surface area contributed by atoms with E-state index in [1.54, 1.807) is 36.4 Å². The number of ether oxygens (including phenoxy) is 1. The Morgan fingerprint density at radius 1 is 1.11 bits per heavy atom. The zero-order valence-electron chi connectivity index (χ0n) is 14.2. The van der Waals surface area contributed by atoms with Crippen LogP contribution in [0.25, 0.3) is 6.08 Å². The summed E-state index contributed by atoms with van der Waals surface area (Å²) in [4.78, 5) is 35.5. The van der Waals surface area contributed by atoms with Gasteiger partial charge in [-0.25, -0.2) is 0 Å². The summed E-state index contributed by atoms with van der Waals surface area (Å²) >= 11 is 12.6. The number of nitrogens with zero attached hydrogens (tertiary/aromatic N) is 1. The molecule has 6 nitrogen and oxygen atoms in total. The highest BCUT2D eigenvalue weighted by Crippen LogP contribution is 2.32. The Balaban J connectivity index is 1.65. The average Bonchev–Trinajstić information content (AvgIpc) is 2.91. The molecule has 0 spiro atoms. The molecule has 3 rings (SSSR count). The molecule has 9 heteroatoms. The van der Waals surface area contributed by atoms with E-state index < -0.39 is 23.7 Å². The summed E-state index contributed by atoms with van der Waals surface area (Å²) in [5, 5.41) is 9.11. The van der Waals surface area contributed by atoms with Gasteiger partial charge in [-0.05, 0) is 53.2 Å². The predicted molar refractivity (Wildman–Crippen MR) is 108 cm³/mol. The molecule has 28 heavy (non-hydrogen) atoms. The minimum Gasteiger partial charge on any atom is -0.489 e. The lowest BCUT2D eigenvalue weighted by Crippen LogP contribution is -2.33. The molecular weight excluding hydrogens is 425 g/mol. The lowest BCUT2D eigenvalue weighted by Gasteiger charge is -2.08. The topological polar surface area (TPSA) is 83.9 Å². The first kappa shape index (κ1) is 20.3. The van der Waals surface area contributed by atoms with Crippen LogP contribution < -0.4 is 4.74 Å². The van der Waals surface area contributed by atoms with Gasteiger partial charge in [0, 0.05) is 0 Å². The lowest BCUT2D eigenvalue weighted by molar-refractivity contribution is -0.140. The van der Waals surface area contributed by atoms with E-state index in [4.69, 9.17) is 33.0 Å². The number of carbonyl (C=O) groups is 3. The molecule has 0 bridgehead atoms. The van der Waals surface area contributed by atoms with Gasteiger partial charge in [0.05, 0.1) is 15.0 Å². The third kappa shape index (κ3) is 4.86. The minimum atomic E-state index is -1.24. The number of thioether (sulfide) groups is 1. The van der Waals surface area contributed by atoms with Crippen LogP contribution in [0.3, 0.4) is 0 Å². The molecule has 2 amide bonds. The SMILES string of the molecule is O=C(O)CN1C(=O)S/C(=C/c2ccc(OCc3ccc(Cl)c(Cl)c3)cc2)C1=O. The molecule has 1 fully saturated rings. The maximum Gasteiger partial charge on any atom is 0.323 e. The molecule has 144 valence electrons. The molecule has 0 unspecified atom stereocenters. The van der Waals surface area contributed by atoms with Gasteiger partial charge in [-0.1, -0.05) is 41.4 Å². The second-order valence-corrected chi connectivity index (χ2v) is 7.58. The van der Waals surface area contributed by atoms with Gasteiger partial charge in [0.1, 0.15) is 18.9 Å². The number of imide groups is 1. The van der Waals surface area contributed by atoms with Gasteiger partial charge in [-0.3, -0.25) is 19.3 Å². The minimum absolute atomic E-state index is 0.177. The van der Waals surface area contributed by atoms with Crippen LogP contribution in [0.4, 0.5) is 4.79 Å². The van der Waals surface area contributed by atoms with Crippen molar-refractivity contribution >= 4 is 58.2 Å². The first-order valence-electron chi connectivity index (χ1n) is 7.97. The van der Waals surface area contributed by atoms with Crippen molar-refractivity contribution < 1.29 is 24.2 Å². The number of aliphatic carboxylic acids is 1. The zero-order valence-corrected chi connectivity index (χ0v) is 16.6. The second kappa shape index (κ2) is 8.68. The molecule has 0 aliphatic carbocycles. The molecule has 1 N–H and O–H groups in total.